The van der Waals surface area contributed by atoms with Crippen LogP contribution in [0, 0.1) is 0 Å². The molecule has 1 aliphatic rings. The zero-order valence-corrected chi connectivity index (χ0v) is 13.7. The maximum absolute atomic E-state index is 11.6. The van der Waals surface area contributed by atoms with Crippen LogP contribution in [0.4, 0.5) is 0 Å². The molecule has 5 nitrogen and oxygen atoms in total. The molecular weight excluding hydrogens is 302 g/mol. The van der Waals surface area contributed by atoms with E-state index in [0.717, 1.165) is 12.2 Å². The molecule has 1 aliphatic carbocycles. The molecule has 2 N–H and O–H groups in total. The Bertz CT molecular complexity index is 929. The number of nitrogens with zero attached hydrogens (tertiary/aromatic N) is 1. The summed E-state index contributed by atoms with van der Waals surface area (Å²) in [6.45, 7) is 2.16. The van der Waals surface area contributed by atoms with Crippen molar-refractivity contribution >= 4 is 0 Å². The van der Waals surface area contributed by atoms with Crippen LogP contribution in [-0.4, -0.2) is 22.3 Å². The summed E-state index contributed by atoms with van der Waals surface area (Å²) in [5.74, 6) is 1.63. The monoisotopic (exact) mass is 321 g/mol. The van der Waals surface area contributed by atoms with Crippen LogP contribution in [0.2, 0.25) is 0 Å². The Hall–Kier alpha value is -2.82. The average molecular weight is 321 g/mol. The molecule has 0 aliphatic heterocycles. The Labute approximate surface area is 139 Å². The van der Waals surface area contributed by atoms with Crippen molar-refractivity contribution < 1.29 is 4.74 Å². The van der Waals surface area contributed by atoms with E-state index in [0.29, 0.717) is 5.82 Å². The largest absolute Gasteiger partial charge is 0.497 e. The van der Waals surface area contributed by atoms with Crippen LogP contribution < -0.4 is 10.4 Å². The van der Waals surface area contributed by atoms with Crippen molar-refractivity contribution in [2.45, 2.75) is 24.7 Å². The van der Waals surface area contributed by atoms with Gasteiger partial charge in [0.05, 0.1) is 7.11 Å². The van der Waals surface area contributed by atoms with E-state index in [1.807, 2.05) is 24.3 Å². The molecule has 0 fully saturated rings. The highest BCUT2D eigenvalue weighted by Crippen LogP contribution is 2.51. The molecule has 122 valence electrons. The standard InChI is InChI=1S/C19H19N3O2/c1-19(17-20-18(23)22-21-17)11-13-8-9-14(24-2)10-15(13)16(19)12-6-4-3-5-7-12/h3-10,16H,11H2,1-2H3,(H2,20,21,22,23)/t16-,19+/m0/s1. The summed E-state index contributed by atoms with van der Waals surface area (Å²) in [5.41, 5.74) is 3.10. The van der Waals surface area contributed by atoms with Crippen molar-refractivity contribution in [1.82, 2.24) is 15.2 Å². The summed E-state index contributed by atoms with van der Waals surface area (Å²) < 4.78 is 5.42. The van der Waals surface area contributed by atoms with E-state index in [2.05, 4.69) is 46.4 Å². The fourth-order valence-electron chi connectivity index (χ4n) is 3.92. The Morgan fingerprint density at radius 1 is 1.21 bits per heavy atom. The van der Waals surface area contributed by atoms with Gasteiger partial charge in [-0.1, -0.05) is 43.3 Å². The number of hydrogen-bond acceptors (Lipinski definition) is 3. The van der Waals surface area contributed by atoms with E-state index in [-0.39, 0.29) is 17.0 Å². The van der Waals surface area contributed by atoms with Gasteiger partial charge in [0.25, 0.3) is 0 Å². The van der Waals surface area contributed by atoms with Gasteiger partial charge in [0.15, 0.2) is 0 Å². The number of aromatic nitrogens is 3. The topological polar surface area (TPSA) is 70.8 Å². The van der Waals surface area contributed by atoms with Gasteiger partial charge >= 0.3 is 5.69 Å². The van der Waals surface area contributed by atoms with Gasteiger partial charge in [-0.15, -0.1) is 0 Å². The minimum Gasteiger partial charge on any atom is -0.497 e. The third kappa shape index (κ3) is 2.16. The van der Waals surface area contributed by atoms with E-state index in [9.17, 15) is 4.79 Å². The van der Waals surface area contributed by atoms with Gasteiger partial charge < -0.3 is 4.74 Å². The highest BCUT2D eigenvalue weighted by atomic mass is 16.5. The minimum atomic E-state index is -0.324. The van der Waals surface area contributed by atoms with E-state index in [1.54, 1.807) is 7.11 Å². The molecule has 0 amide bonds. The first-order chi connectivity index (χ1) is 11.6. The van der Waals surface area contributed by atoms with Gasteiger partial charge in [-0.3, -0.25) is 4.98 Å². The molecule has 2 atom stereocenters. The van der Waals surface area contributed by atoms with Crippen molar-refractivity contribution in [3.8, 4) is 5.75 Å². The maximum atomic E-state index is 11.6. The van der Waals surface area contributed by atoms with Crippen molar-refractivity contribution in [3.63, 3.8) is 0 Å². The number of fused-ring (bicyclic) bond motifs is 1. The van der Waals surface area contributed by atoms with Crippen LogP contribution in [-0.2, 0) is 11.8 Å². The fourth-order valence-corrected chi connectivity index (χ4v) is 3.92. The predicted molar refractivity (Wildman–Crippen MR) is 91.5 cm³/mol. The third-order valence-corrected chi connectivity index (χ3v) is 5.03. The zero-order valence-electron chi connectivity index (χ0n) is 13.7. The van der Waals surface area contributed by atoms with Gasteiger partial charge in [-0.2, -0.15) is 5.10 Å². The Kier molecular flexibility index (Phi) is 3.30. The van der Waals surface area contributed by atoms with Crippen molar-refractivity contribution in [3.05, 3.63) is 81.5 Å². The Morgan fingerprint density at radius 2 is 2.00 bits per heavy atom. The second-order valence-electron chi connectivity index (χ2n) is 6.53. The van der Waals surface area contributed by atoms with Crippen molar-refractivity contribution in [2.75, 3.05) is 7.11 Å². The van der Waals surface area contributed by atoms with Gasteiger partial charge in [-0.25, -0.2) is 9.89 Å². The summed E-state index contributed by atoms with van der Waals surface area (Å²) in [7, 11) is 1.68. The second-order valence-corrected chi connectivity index (χ2v) is 6.53. The fraction of sp³-hybridized carbons (Fsp3) is 0.263. The summed E-state index contributed by atoms with van der Waals surface area (Å²) in [4.78, 5) is 14.5. The zero-order chi connectivity index (χ0) is 16.7. The van der Waals surface area contributed by atoms with Crippen molar-refractivity contribution in [2.24, 2.45) is 0 Å². The van der Waals surface area contributed by atoms with Gasteiger partial charge in [0.1, 0.15) is 11.6 Å². The molecule has 4 rings (SSSR count). The lowest BCUT2D eigenvalue weighted by atomic mass is 9.73. The lowest BCUT2D eigenvalue weighted by molar-refractivity contribution is 0.411. The van der Waals surface area contributed by atoms with Crippen LogP contribution in [0.15, 0.2) is 53.3 Å². The number of benzene rings is 2. The molecule has 24 heavy (non-hydrogen) atoms. The number of nitrogens with one attached hydrogen (secondary N) is 2. The lowest BCUT2D eigenvalue weighted by Gasteiger charge is -2.30. The van der Waals surface area contributed by atoms with Crippen LogP contribution >= 0.6 is 0 Å². The highest BCUT2D eigenvalue weighted by Gasteiger charge is 2.47. The first-order valence-electron chi connectivity index (χ1n) is 7.99. The number of ether oxygens (including phenoxy) is 1. The van der Waals surface area contributed by atoms with E-state index < -0.39 is 0 Å². The Balaban J connectivity index is 1.93. The van der Waals surface area contributed by atoms with E-state index >= 15 is 0 Å². The number of methoxy groups -OCH3 is 1. The lowest BCUT2D eigenvalue weighted by Crippen LogP contribution is -2.30. The Morgan fingerprint density at radius 3 is 2.67 bits per heavy atom. The molecule has 1 heterocycles. The number of hydrogen-bond donors (Lipinski definition) is 2. The summed E-state index contributed by atoms with van der Waals surface area (Å²) in [6.07, 6.45) is 0.812. The number of H-pyrrole nitrogens is 2. The van der Waals surface area contributed by atoms with E-state index in [4.69, 9.17) is 4.74 Å². The first-order valence-corrected chi connectivity index (χ1v) is 7.99. The molecule has 0 saturated carbocycles. The van der Waals surface area contributed by atoms with Crippen LogP contribution in [0.25, 0.3) is 0 Å². The minimum absolute atomic E-state index is 0.0998. The summed E-state index contributed by atoms with van der Waals surface area (Å²) >= 11 is 0. The van der Waals surface area contributed by atoms with Crippen molar-refractivity contribution in [1.29, 1.82) is 0 Å². The van der Waals surface area contributed by atoms with Crippen LogP contribution in [0.3, 0.4) is 0 Å². The molecule has 0 saturated heterocycles. The molecule has 0 bridgehead atoms. The molecule has 0 spiro atoms. The molecular formula is C19H19N3O2. The van der Waals surface area contributed by atoms with Gasteiger partial charge in [0, 0.05) is 11.3 Å². The molecule has 1 aromatic heterocycles. The van der Waals surface area contributed by atoms with Crippen LogP contribution in [0.5, 0.6) is 5.75 Å². The predicted octanol–water partition coefficient (Wildman–Crippen LogP) is 2.75. The first kappa shape index (κ1) is 14.8. The van der Waals surface area contributed by atoms with Gasteiger partial charge in [-0.05, 0) is 35.2 Å². The number of rotatable bonds is 3. The molecule has 3 aromatic rings. The second kappa shape index (κ2) is 5.37. The highest BCUT2D eigenvalue weighted by molar-refractivity contribution is 5.51. The third-order valence-electron chi connectivity index (χ3n) is 5.03. The SMILES string of the molecule is COc1ccc2c(c1)[C@H](c1ccccc1)[C@](C)(c1n[nH]c(=O)[nH]1)C2. The summed E-state index contributed by atoms with van der Waals surface area (Å²) in [5, 5.41) is 6.75. The van der Waals surface area contributed by atoms with Gasteiger partial charge in [0.2, 0.25) is 0 Å². The molecule has 0 radical (unpaired) electrons. The maximum Gasteiger partial charge on any atom is 0.340 e. The average Bonchev–Trinajstić information content (AvgIpc) is 3.16. The normalized spacial score (nSPS) is 22.3. The molecule has 2 aromatic carbocycles. The number of aromatic amines is 2. The summed E-state index contributed by atoms with van der Waals surface area (Å²) in [6, 6.07) is 16.6. The molecule has 0 unspecified atom stereocenters. The molecule has 5 heteroatoms. The van der Waals surface area contributed by atoms with Crippen LogP contribution in [0.1, 0.15) is 35.4 Å². The quantitative estimate of drug-likeness (QED) is 0.779. The smallest absolute Gasteiger partial charge is 0.340 e. The van der Waals surface area contributed by atoms with E-state index in [1.165, 1.54) is 16.7 Å².